The van der Waals surface area contributed by atoms with Crippen molar-refractivity contribution in [2.24, 2.45) is 5.92 Å². The lowest BCUT2D eigenvalue weighted by Crippen LogP contribution is -2.14. The minimum absolute atomic E-state index is 0.0462. The van der Waals surface area contributed by atoms with Crippen LogP contribution in [-0.4, -0.2) is 27.5 Å². The molecule has 1 aromatic heterocycles. The molecule has 2 aromatic rings. The number of aliphatic carboxylic acids is 1. The Labute approximate surface area is 120 Å². The van der Waals surface area contributed by atoms with E-state index in [0.29, 0.717) is 29.6 Å². The van der Waals surface area contributed by atoms with Crippen LogP contribution in [0, 0.1) is 16.0 Å². The van der Waals surface area contributed by atoms with Gasteiger partial charge >= 0.3 is 5.97 Å². The summed E-state index contributed by atoms with van der Waals surface area (Å²) in [4.78, 5) is 25.3. The Bertz CT molecular complexity index is 687. The van der Waals surface area contributed by atoms with Crippen LogP contribution in [0.15, 0.2) is 30.5 Å². The van der Waals surface area contributed by atoms with E-state index >= 15 is 0 Å². The third-order valence-corrected chi connectivity index (χ3v) is 3.26. The molecule has 0 bridgehead atoms. The van der Waals surface area contributed by atoms with E-state index in [0.717, 1.165) is 0 Å². The van der Waals surface area contributed by atoms with Gasteiger partial charge in [0.25, 0.3) is 5.69 Å². The zero-order chi connectivity index (χ0) is 15.4. The molecule has 0 saturated carbocycles. The van der Waals surface area contributed by atoms with Crippen LogP contribution in [0.1, 0.15) is 13.3 Å². The maximum absolute atomic E-state index is 11.0. The van der Waals surface area contributed by atoms with Crippen LogP contribution in [0.25, 0.3) is 10.9 Å². The molecule has 0 aliphatic heterocycles. The molecule has 7 heteroatoms. The molecule has 1 unspecified atom stereocenters. The van der Waals surface area contributed by atoms with Crippen molar-refractivity contribution in [2.45, 2.75) is 13.3 Å². The highest BCUT2D eigenvalue weighted by atomic mass is 16.6. The first kappa shape index (κ1) is 14.7. The number of nitro groups is 1. The van der Waals surface area contributed by atoms with Crippen molar-refractivity contribution < 1.29 is 14.8 Å². The van der Waals surface area contributed by atoms with Crippen molar-refractivity contribution in [3.63, 3.8) is 0 Å². The number of pyridine rings is 1. The number of non-ortho nitro benzene ring substituents is 1. The molecule has 0 spiro atoms. The molecule has 2 rings (SSSR count). The number of hydrogen-bond acceptors (Lipinski definition) is 5. The lowest BCUT2D eigenvalue weighted by Gasteiger charge is -2.11. The van der Waals surface area contributed by atoms with Gasteiger partial charge in [0.05, 0.1) is 10.8 Å². The molecule has 1 atom stereocenters. The molecular weight excluding hydrogens is 274 g/mol. The Morgan fingerprint density at radius 3 is 2.90 bits per heavy atom. The SMILES string of the molecule is CC(CCNc1ccc([N+](=O)[O-])c2ncccc12)C(=O)O. The van der Waals surface area contributed by atoms with E-state index < -0.39 is 16.8 Å². The second-order valence-electron chi connectivity index (χ2n) is 4.74. The predicted octanol–water partition coefficient (Wildman–Crippen LogP) is 2.67. The Balaban J connectivity index is 2.23. The summed E-state index contributed by atoms with van der Waals surface area (Å²) in [5.41, 5.74) is 0.982. The fourth-order valence-corrected chi connectivity index (χ4v) is 2.01. The van der Waals surface area contributed by atoms with E-state index in [-0.39, 0.29) is 5.69 Å². The Kier molecular flexibility index (Phi) is 4.32. The number of rotatable bonds is 6. The molecule has 110 valence electrons. The first-order chi connectivity index (χ1) is 10.0. The first-order valence-corrected chi connectivity index (χ1v) is 6.49. The van der Waals surface area contributed by atoms with Crippen molar-refractivity contribution >= 4 is 28.2 Å². The van der Waals surface area contributed by atoms with Crippen molar-refractivity contribution in [1.82, 2.24) is 4.98 Å². The average molecular weight is 289 g/mol. The normalized spacial score (nSPS) is 12.0. The number of nitrogens with one attached hydrogen (secondary N) is 1. The van der Waals surface area contributed by atoms with Crippen LogP contribution in [0.5, 0.6) is 0 Å². The van der Waals surface area contributed by atoms with Gasteiger partial charge in [0.1, 0.15) is 5.52 Å². The maximum Gasteiger partial charge on any atom is 0.306 e. The van der Waals surface area contributed by atoms with Gasteiger partial charge in [-0.1, -0.05) is 6.92 Å². The summed E-state index contributed by atoms with van der Waals surface area (Å²) in [6.45, 7) is 2.11. The third kappa shape index (κ3) is 3.25. The number of nitrogens with zero attached hydrogens (tertiary/aromatic N) is 2. The Morgan fingerprint density at radius 1 is 1.48 bits per heavy atom. The van der Waals surface area contributed by atoms with Gasteiger partial charge in [-0.15, -0.1) is 0 Å². The summed E-state index contributed by atoms with van der Waals surface area (Å²) in [5.74, 6) is -1.29. The molecule has 1 aromatic carbocycles. The van der Waals surface area contributed by atoms with Gasteiger partial charge < -0.3 is 10.4 Å². The smallest absolute Gasteiger partial charge is 0.306 e. The van der Waals surface area contributed by atoms with Crippen LogP contribution in [0.3, 0.4) is 0 Å². The number of hydrogen-bond donors (Lipinski definition) is 2. The quantitative estimate of drug-likeness (QED) is 0.625. The van der Waals surface area contributed by atoms with E-state index in [2.05, 4.69) is 10.3 Å². The zero-order valence-corrected chi connectivity index (χ0v) is 11.4. The highest BCUT2D eigenvalue weighted by molar-refractivity contribution is 5.96. The molecule has 0 saturated heterocycles. The molecular formula is C14H15N3O4. The monoisotopic (exact) mass is 289 g/mol. The number of benzene rings is 1. The standard InChI is InChI=1S/C14H15N3O4/c1-9(14(18)19)6-8-15-11-4-5-12(17(20)21)13-10(11)3-2-7-16-13/h2-5,7,9,15H,6,8H2,1H3,(H,18,19). The van der Waals surface area contributed by atoms with E-state index in [1.54, 1.807) is 25.1 Å². The summed E-state index contributed by atoms with van der Waals surface area (Å²) in [5, 5.41) is 23.6. The van der Waals surface area contributed by atoms with Crippen LogP contribution in [-0.2, 0) is 4.79 Å². The molecule has 7 nitrogen and oxygen atoms in total. The largest absolute Gasteiger partial charge is 0.481 e. The van der Waals surface area contributed by atoms with Gasteiger partial charge in [-0.25, -0.2) is 4.98 Å². The van der Waals surface area contributed by atoms with Crippen LogP contribution < -0.4 is 5.32 Å². The zero-order valence-electron chi connectivity index (χ0n) is 11.4. The highest BCUT2D eigenvalue weighted by Gasteiger charge is 2.15. The molecule has 0 amide bonds. The van der Waals surface area contributed by atoms with Crippen molar-refractivity contribution in [3.05, 3.63) is 40.6 Å². The van der Waals surface area contributed by atoms with Crippen molar-refractivity contribution in [3.8, 4) is 0 Å². The molecule has 2 N–H and O–H groups in total. The van der Waals surface area contributed by atoms with E-state index in [9.17, 15) is 14.9 Å². The van der Waals surface area contributed by atoms with E-state index in [1.165, 1.54) is 12.3 Å². The van der Waals surface area contributed by atoms with Crippen LogP contribution in [0.4, 0.5) is 11.4 Å². The number of carbonyl (C=O) groups is 1. The predicted molar refractivity (Wildman–Crippen MR) is 78.3 cm³/mol. The van der Waals surface area contributed by atoms with Gasteiger partial charge in [0.2, 0.25) is 0 Å². The Morgan fingerprint density at radius 2 is 2.24 bits per heavy atom. The lowest BCUT2D eigenvalue weighted by molar-refractivity contribution is -0.383. The summed E-state index contributed by atoms with van der Waals surface area (Å²) in [7, 11) is 0. The number of fused-ring (bicyclic) bond motifs is 1. The first-order valence-electron chi connectivity index (χ1n) is 6.49. The fraction of sp³-hybridized carbons (Fsp3) is 0.286. The van der Waals surface area contributed by atoms with Gasteiger partial charge in [0.15, 0.2) is 0 Å². The molecule has 0 aliphatic rings. The third-order valence-electron chi connectivity index (χ3n) is 3.26. The molecule has 0 aliphatic carbocycles. The van der Waals surface area contributed by atoms with E-state index in [4.69, 9.17) is 5.11 Å². The number of carboxylic acids is 1. The molecule has 1 heterocycles. The van der Waals surface area contributed by atoms with Gasteiger partial charge in [-0.3, -0.25) is 14.9 Å². The molecule has 0 radical (unpaired) electrons. The fourth-order valence-electron chi connectivity index (χ4n) is 2.01. The second-order valence-corrected chi connectivity index (χ2v) is 4.74. The van der Waals surface area contributed by atoms with Crippen molar-refractivity contribution in [1.29, 1.82) is 0 Å². The average Bonchev–Trinajstić information content (AvgIpc) is 2.46. The minimum Gasteiger partial charge on any atom is -0.481 e. The lowest BCUT2D eigenvalue weighted by atomic mass is 10.1. The molecule has 0 fully saturated rings. The number of aromatic nitrogens is 1. The van der Waals surface area contributed by atoms with Gasteiger partial charge in [-0.2, -0.15) is 0 Å². The second kappa shape index (κ2) is 6.17. The summed E-state index contributed by atoms with van der Waals surface area (Å²) in [6, 6.07) is 6.47. The number of nitro benzene ring substituents is 1. The summed E-state index contributed by atoms with van der Waals surface area (Å²) >= 11 is 0. The van der Waals surface area contributed by atoms with E-state index in [1.807, 2.05) is 0 Å². The number of carboxylic acid groups (broad SMARTS) is 1. The minimum atomic E-state index is -0.841. The Hall–Kier alpha value is -2.70. The summed E-state index contributed by atoms with van der Waals surface area (Å²) < 4.78 is 0. The van der Waals surface area contributed by atoms with Gasteiger partial charge in [-0.05, 0) is 24.6 Å². The van der Waals surface area contributed by atoms with Crippen LogP contribution in [0.2, 0.25) is 0 Å². The van der Waals surface area contributed by atoms with Crippen LogP contribution >= 0.6 is 0 Å². The number of anilines is 1. The molecule has 21 heavy (non-hydrogen) atoms. The summed E-state index contributed by atoms with van der Waals surface area (Å²) in [6.07, 6.45) is 1.97. The van der Waals surface area contributed by atoms with Crippen molar-refractivity contribution in [2.75, 3.05) is 11.9 Å². The topological polar surface area (TPSA) is 105 Å². The highest BCUT2D eigenvalue weighted by Crippen LogP contribution is 2.29. The van der Waals surface area contributed by atoms with Gasteiger partial charge in [0, 0.05) is 29.9 Å². The maximum atomic E-state index is 11.0.